The molecule has 0 aliphatic rings. The number of benzene rings is 2. The molecule has 3 aromatic rings. The summed E-state index contributed by atoms with van der Waals surface area (Å²) in [4.78, 5) is 23.3. The Morgan fingerprint density at radius 2 is 1.78 bits per heavy atom. The molecule has 9 nitrogen and oxygen atoms in total. The molecule has 11 heteroatoms. The maximum atomic E-state index is 13.1. The highest BCUT2D eigenvalue weighted by atomic mass is 35.5. The van der Waals surface area contributed by atoms with Gasteiger partial charge in [-0.25, -0.2) is 13.6 Å². The van der Waals surface area contributed by atoms with E-state index in [2.05, 4.69) is 0 Å². The molecule has 32 heavy (non-hydrogen) atoms. The van der Waals surface area contributed by atoms with Crippen molar-refractivity contribution in [2.75, 3.05) is 0 Å². The summed E-state index contributed by atoms with van der Waals surface area (Å²) in [5.41, 5.74) is 2.09. The Bertz CT molecular complexity index is 1320. The van der Waals surface area contributed by atoms with Crippen LogP contribution in [0.5, 0.6) is 5.75 Å². The van der Waals surface area contributed by atoms with Crippen LogP contribution in [0.3, 0.4) is 0 Å². The summed E-state index contributed by atoms with van der Waals surface area (Å²) in [6.45, 7) is 5.10. The standard InChI is InChI=1S/C21H20ClN3O6S/c1-12-10-18(13(2)24(12)16-6-4-15(22)5-7-16)21(26)14(3)31-20-9-8-17(32(23,29)30)11-19(20)25(27)28/h4-11,14H,1-3H3,(H2,23,29,30). The monoisotopic (exact) mass is 477 g/mol. The summed E-state index contributed by atoms with van der Waals surface area (Å²) in [6, 6.07) is 11.8. The van der Waals surface area contributed by atoms with Gasteiger partial charge in [0.1, 0.15) is 0 Å². The predicted octanol–water partition coefficient (Wildman–Crippen LogP) is 3.95. The second kappa shape index (κ2) is 8.73. The number of ether oxygens (including phenoxy) is 1. The Morgan fingerprint density at radius 3 is 2.34 bits per heavy atom. The van der Waals surface area contributed by atoms with Crippen LogP contribution in [-0.4, -0.2) is 29.8 Å². The van der Waals surface area contributed by atoms with Crippen LogP contribution in [0.2, 0.25) is 5.02 Å². The Labute approximate surface area is 189 Å². The molecule has 1 unspecified atom stereocenters. The molecule has 3 rings (SSSR count). The van der Waals surface area contributed by atoms with E-state index in [0.29, 0.717) is 16.3 Å². The summed E-state index contributed by atoms with van der Waals surface area (Å²) >= 11 is 5.95. The van der Waals surface area contributed by atoms with E-state index in [0.717, 1.165) is 29.6 Å². The number of carbonyl (C=O) groups excluding carboxylic acids is 1. The third-order valence-electron chi connectivity index (χ3n) is 4.91. The predicted molar refractivity (Wildman–Crippen MR) is 119 cm³/mol. The molecule has 1 heterocycles. The molecule has 0 amide bonds. The normalized spacial score (nSPS) is 12.4. The van der Waals surface area contributed by atoms with Gasteiger partial charge in [0, 0.05) is 33.7 Å². The molecule has 1 aromatic heterocycles. The number of sulfonamides is 1. The first kappa shape index (κ1) is 23.5. The number of halogens is 1. The second-order valence-electron chi connectivity index (χ2n) is 7.15. The number of aryl methyl sites for hydroxylation is 1. The third kappa shape index (κ3) is 4.67. The number of nitro benzene ring substituents is 1. The van der Waals surface area contributed by atoms with Crippen LogP contribution >= 0.6 is 11.6 Å². The molecule has 2 N–H and O–H groups in total. The lowest BCUT2D eigenvalue weighted by atomic mass is 10.1. The van der Waals surface area contributed by atoms with Gasteiger partial charge >= 0.3 is 5.69 Å². The smallest absolute Gasteiger partial charge is 0.312 e. The van der Waals surface area contributed by atoms with Gasteiger partial charge in [-0.3, -0.25) is 14.9 Å². The highest BCUT2D eigenvalue weighted by Crippen LogP contribution is 2.31. The van der Waals surface area contributed by atoms with E-state index in [9.17, 15) is 23.3 Å². The number of nitro groups is 1. The van der Waals surface area contributed by atoms with Gasteiger partial charge in [0.2, 0.25) is 15.8 Å². The highest BCUT2D eigenvalue weighted by Gasteiger charge is 2.27. The van der Waals surface area contributed by atoms with Gasteiger partial charge in [0.25, 0.3) is 0 Å². The summed E-state index contributed by atoms with van der Waals surface area (Å²) < 4.78 is 30.4. The van der Waals surface area contributed by atoms with Crippen LogP contribution < -0.4 is 9.88 Å². The molecule has 0 fully saturated rings. The number of Topliss-reactive ketones (excluding diaryl/α,β-unsaturated/α-hetero) is 1. The third-order valence-corrected chi connectivity index (χ3v) is 6.07. The van der Waals surface area contributed by atoms with Gasteiger partial charge in [-0.05, 0) is 63.2 Å². The van der Waals surface area contributed by atoms with E-state index in [1.807, 2.05) is 23.6 Å². The molecule has 0 aliphatic heterocycles. The number of nitrogens with two attached hydrogens (primary N) is 1. The minimum absolute atomic E-state index is 0.241. The van der Waals surface area contributed by atoms with E-state index < -0.39 is 31.6 Å². The van der Waals surface area contributed by atoms with E-state index in [1.54, 1.807) is 25.1 Å². The molecule has 0 radical (unpaired) electrons. The summed E-state index contributed by atoms with van der Waals surface area (Å²) in [7, 11) is -4.14. The van der Waals surface area contributed by atoms with Crippen LogP contribution in [0, 0.1) is 24.0 Å². The average Bonchev–Trinajstić information content (AvgIpc) is 3.01. The number of carbonyl (C=O) groups is 1. The van der Waals surface area contributed by atoms with Crippen molar-refractivity contribution in [3.63, 3.8) is 0 Å². The van der Waals surface area contributed by atoms with Crippen LogP contribution in [0.4, 0.5) is 5.69 Å². The number of hydrogen-bond donors (Lipinski definition) is 1. The maximum Gasteiger partial charge on any atom is 0.312 e. The fourth-order valence-corrected chi connectivity index (χ4v) is 4.04. The summed E-state index contributed by atoms with van der Waals surface area (Å²) in [6.07, 6.45) is -1.08. The highest BCUT2D eigenvalue weighted by molar-refractivity contribution is 7.89. The molecule has 168 valence electrons. The van der Waals surface area contributed by atoms with Crippen LogP contribution in [0.1, 0.15) is 28.7 Å². The van der Waals surface area contributed by atoms with E-state index in [1.165, 1.54) is 6.92 Å². The first-order valence-electron chi connectivity index (χ1n) is 9.37. The number of nitrogens with zero attached hydrogens (tertiary/aromatic N) is 2. The van der Waals surface area contributed by atoms with E-state index in [4.69, 9.17) is 21.5 Å². The fourth-order valence-electron chi connectivity index (χ4n) is 3.38. The van der Waals surface area contributed by atoms with E-state index in [-0.39, 0.29) is 11.5 Å². The molecule has 0 aliphatic carbocycles. The zero-order valence-electron chi connectivity index (χ0n) is 17.4. The molecular weight excluding hydrogens is 458 g/mol. The molecule has 0 saturated heterocycles. The van der Waals surface area contributed by atoms with Crippen molar-refractivity contribution >= 4 is 33.1 Å². The lowest BCUT2D eigenvalue weighted by molar-refractivity contribution is -0.386. The van der Waals surface area contributed by atoms with Crippen LogP contribution in [0.25, 0.3) is 5.69 Å². The number of aromatic nitrogens is 1. The van der Waals surface area contributed by atoms with Gasteiger partial charge in [0.05, 0.1) is 9.82 Å². The SMILES string of the molecule is Cc1cc(C(=O)C(C)Oc2ccc(S(N)(=O)=O)cc2[N+](=O)[O-])c(C)n1-c1ccc(Cl)cc1. The fraction of sp³-hybridized carbons (Fsp3) is 0.190. The van der Waals surface area contributed by atoms with Gasteiger partial charge in [-0.15, -0.1) is 0 Å². The average molecular weight is 478 g/mol. The van der Waals surface area contributed by atoms with Crippen molar-refractivity contribution < 1.29 is 22.9 Å². The van der Waals surface area contributed by atoms with Gasteiger partial charge in [-0.1, -0.05) is 11.6 Å². The van der Waals surface area contributed by atoms with Crippen molar-refractivity contribution in [2.45, 2.75) is 31.8 Å². The van der Waals surface area contributed by atoms with Crippen molar-refractivity contribution in [1.29, 1.82) is 0 Å². The number of rotatable bonds is 7. The first-order valence-corrected chi connectivity index (χ1v) is 11.3. The number of primary sulfonamides is 1. The van der Waals surface area contributed by atoms with Crippen molar-refractivity contribution in [3.05, 3.63) is 80.6 Å². The second-order valence-corrected chi connectivity index (χ2v) is 9.15. The minimum atomic E-state index is -4.14. The Balaban J connectivity index is 1.92. The maximum absolute atomic E-state index is 13.1. The molecule has 0 bridgehead atoms. The first-order chi connectivity index (χ1) is 14.9. The van der Waals surface area contributed by atoms with Crippen molar-refractivity contribution in [2.24, 2.45) is 5.14 Å². The number of hydrogen-bond acceptors (Lipinski definition) is 6. The lowest BCUT2D eigenvalue weighted by Gasteiger charge is -2.15. The van der Waals surface area contributed by atoms with Gasteiger partial charge in [-0.2, -0.15) is 0 Å². The molecular formula is C21H20ClN3O6S. The van der Waals surface area contributed by atoms with E-state index >= 15 is 0 Å². The quantitative estimate of drug-likeness (QED) is 0.311. The molecule has 1 atom stereocenters. The molecule has 0 saturated carbocycles. The van der Waals surface area contributed by atoms with Crippen LogP contribution in [0.15, 0.2) is 53.4 Å². The molecule has 0 spiro atoms. The topological polar surface area (TPSA) is 135 Å². The Morgan fingerprint density at radius 1 is 1.16 bits per heavy atom. The lowest BCUT2D eigenvalue weighted by Crippen LogP contribution is -2.25. The summed E-state index contributed by atoms with van der Waals surface area (Å²) in [5, 5.41) is 17.0. The number of ketones is 1. The van der Waals surface area contributed by atoms with Crippen LogP contribution in [-0.2, 0) is 10.0 Å². The minimum Gasteiger partial charge on any atom is -0.475 e. The Kier molecular flexibility index (Phi) is 6.40. The zero-order chi connectivity index (χ0) is 23.8. The zero-order valence-corrected chi connectivity index (χ0v) is 19.0. The molecule has 2 aromatic carbocycles. The van der Waals surface area contributed by atoms with Gasteiger partial charge in [0.15, 0.2) is 11.9 Å². The van der Waals surface area contributed by atoms with Gasteiger partial charge < -0.3 is 9.30 Å². The van der Waals surface area contributed by atoms with Crippen molar-refractivity contribution in [3.8, 4) is 11.4 Å². The largest absolute Gasteiger partial charge is 0.475 e. The van der Waals surface area contributed by atoms with Crippen molar-refractivity contribution in [1.82, 2.24) is 4.57 Å². The Hall–Kier alpha value is -3.21. The summed E-state index contributed by atoms with van der Waals surface area (Å²) in [5.74, 6) is -0.627.